The van der Waals surface area contributed by atoms with Crippen LogP contribution in [0.4, 0.5) is 18.9 Å². The predicted octanol–water partition coefficient (Wildman–Crippen LogP) is 5.20. The van der Waals surface area contributed by atoms with Gasteiger partial charge in [-0.3, -0.25) is 9.48 Å². The Morgan fingerprint density at radius 1 is 1.19 bits per heavy atom. The summed E-state index contributed by atoms with van der Waals surface area (Å²) in [7, 11) is 1.29. The van der Waals surface area contributed by atoms with Crippen molar-refractivity contribution in [3.8, 4) is 11.5 Å². The second-order valence-electron chi connectivity index (χ2n) is 6.64. The van der Waals surface area contributed by atoms with Gasteiger partial charge in [0.1, 0.15) is 5.82 Å². The second kappa shape index (κ2) is 9.30. The molecule has 0 atom stereocenters. The monoisotopic (exact) mass is 453 g/mol. The number of hydrogen-bond donors (Lipinski definition) is 1. The van der Waals surface area contributed by atoms with Gasteiger partial charge in [-0.05, 0) is 49.7 Å². The highest BCUT2D eigenvalue weighted by Gasteiger charge is 2.18. The van der Waals surface area contributed by atoms with Crippen molar-refractivity contribution in [2.24, 2.45) is 0 Å². The van der Waals surface area contributed by atoms with Gasteiger partial charge in [-0.25, -0.2) is 4.39 Å². The summed E-state index contributed by atoms with van der Waals surface area (Å²) in [6, 6.07) is 8.00. The second-order valence-corrected chi connectivity index (χ2v) is 7.04. The van der Waals surface area contributed by atoms with Crippen molar-refractivity contribution in [2.45, 2.75) is 27.0 Å². The third-order valence-electron chi connectivity index (χ3n) is 4.60. The molecule has 0 unspecified atom stereocenters. The fraction of sp³-hybridized carbons (Fsp3) is 0.238. The minimum Gasteiger partial charge on any atom is -0.493 e. The third-order valence-corrected chi connectivity index (χ3v) is 4.95. The molecular formula is C21H19ClF3N3O3. The number of anilines is 1. The third kappa shape index (κ3) is 5.11. The molecule has 1 N–H and O–H groups in total. The fourth-order valence-electron chi connectivity index (χ4n) is 3.03. The lowest BCUT2D eigenvalue weighted by Gasteiger charge is -2.12. The smallest absolute Gasteiger partial charge is 0.387 e. The van der Waals surface area contributed by atoms with Crippen LogP contribution in [0.2, 0.25) is 5.02 Å². The average Bonchev–Trinajstić information content (AvgIpc) is 2.97. The lowest BCUT2D eigenvalue weighted by molar-refractivity contribution is -0.0512. The van der Waals surface area contributed by atoms with Crippen LogP contribution in [0.3, 0.4) is 0 Å². The van der Waals surface area contributed by atoms with Crippen LogP contribution < -0.4 is 14.8 Å². The number of ether oxygens (including phenoxy) is 2. The van der Waals surface area contributed by atoms with Crippen LogP contribution in [0.15, 0.2) is 36.4 Å². The molecule has 0 aliphatic carbocycles. The van der Waals surface area contributed by atoms with E-state index >= 15 is 0 Å². The van der Waals surface area contributed by atoms with E-state index in [1.165, 1.54) is 37.4 Å². The summed E-state index contributed by atoms with van der Waals surface area (Å²) in [6.07, 6.45) is 0. The molecule has 0 saturated carbocycles. The van der Waals surface area contributed by atoms with E-state index in [1.54, 1.807) is 24.6 Å². The Bertz CT molecular complexity index is 1120. The Labute approximate surface area is 181 Å². The maximum Gasteiger partial charge on any atom is 0.387 e. The first-order valence-corrected chi connectivity index (χ1v) is 9.49. The Kier molecular flexibility index (Phi) is 6.74. The number of alkyl halides is 2. The van der Waals surface area contributed by atoms with Crippen LogP contribution in [0.5, 0.6) is 11.5 Å². The largest absolute Gasteiger partial charge is 0.493 e. The van der Waals surface area contributed by atoms with E-state index in [-0.39, 0.29) is 28.6 Å². The van der Waals surface area contributed by atoms with Crippen molar-refractivity contribution < 1.29 is 27.4 Å². The van der Waals surface area contributed by atoms with Crippen molar-refractivity contribution >= 4 is 23.2 Å². The molecule has 0 spiro atoms. The number of amides is 1. The summed E-state index contributed by atoms with van der Waals surface area (Å²) in [5.74, 6) is -1.09. The standard InChI is InChI=1S/C21H19ClF3N3O3/c1-11-19(12(2)28(27-11)10-14-4-6-15(23)9-16(14)22)26-20(29)13-5-7-17(31-21(24)25)18(8-13)30-3/h4-9,21H,10H2,1-3H3,(H,26,29). The number of carbonyl (C=O) groups excluding carboxylic acids is 1. The van der Waals surface area contributed by atoms with Crippen LogP contribution >= 0.6 is 11.6 Å². The van der Waals surface area contributed by atoms with Gasteiger partial charge in [0.05, 0.1) is 30.7 Å². The summed E-state index contributed by atoms with van der Waals surface area (Å²) in [5, 5.41) is 7.47. The molecule has 164 valence electrons. The Morgan fingerprint density at radius 3 is 2.58 bits per heavy atom. The molecule has 0 radical (unpaired) electrons. The van der Waals surface area contributed by atoms with Crippen LogP contribution in [0, 0.1) is 19.7 Å². The number of aryl methyl sites for hydroxylation is 1. The molecule has 10 heteroatoms. The molecule has 3 rings (SSSR count). The zero-order chi connectivity index (χ0) is 22.7. The molecule has 2 aromatic carbocycles. The molecule has 31 heavy (non-hydrogen) atoms. The number of aromatic nitrogens is 2. The lowest BCUT2D eigenvalue weighted by Crippen LogP contribution is -2.14. The van der Waals surface area contributed by atoms with Gasteiger partial charge in [-0.15, -0.1) is 0 Å². The van der Waals surface area contributed by atoms with Gasteiger partial charge in [-0.1, -0.05) is 17.7 Å². The van der Waals surface area contributed by atoms with Crippen molar-refractivity contribution in [2.75, 3.05) is 12.4 Å². The maximum atomic E-state index is 13.3. The molecule has 0 aliphatic heterocycles. The summed E-state index contributed by atoms with van der Waals surface area (Å²) >= 11 is 6.10. The summed E-state index contributed by atoms with van der Waals surface area (Å²) < 4.78 is 49.3. The molecule has 0 bridgehead atoms. The summed E-state index contributed by atoms with van der Waals surface area (Å²) in [5.41, 5.74) is 2.58. The highest BCUT2D eigenvalue weighted by Crippen LogP contribution is 2.30. The number of nitrogens with zero attached hydrogens (tertiary/aromatic N) is 2. The Balaban J connectivity index is 1.82. The number of carbonyl (C=O) groups is 1. The quantitative estimate of drug-likeness (QED) is 0.534. The van der Waals surface area contributed by atoms with Crippen molar-refractivity contribution in [3.05, 3.63) is 69.8 Å². The Hall–Kier alpha value is -3.20. The van der Waals surface area contributed by atoms with Crippen molar-refractivity contribution in [1.82, 2.24) is 9.78 Å². The normalized spacial score (nSPS) is 11.0. The topological polar surface area (TPSA) is 65.4 Å². The first kappa shape index (κ1) is 22.5. The molecule has 1 amide bonds. The fourth-order valence-corrected chi connectivity index (χ4v) is 3.26. The summed E-state index contributed by atoms with van der Waals surface area (Å²) in [6.45, 7) is 0.771. The molecule has 3 aromatic rings. The van der Waals surface area contributed by atoms with Gasteiger partial charge < -0.3 is 14.8 Å². The zero-order valence-electron chi connectivity index (χ0n) is 16.9. The predicted molar refractivity (Wildman–Crippen MR) is 110 cm³/mol. The molecule has 1 aromatic heterocycles. The van der Waals surface area contributed by atoms with Crippen molar-refractivity contribution in [1.29, 1.82) is 0 Å². The highest BCUT2D eigenvalue weighted by molar-refractivity contribution is 6.31. The van der Waals surface area contributed by atoms with E-state index in [1.807, 2.05) is 0 Å². The SMILES string of the molecule is COc1cc(C(=O)Nc2c(C)nn(Cc3ccc(F)cc3Cl)c2C)ccc1OC(F)F. The van der Waals surface area contributed by atoms with Crippen LogP contribution in [-0.2, 0) is 6.54 Å². The highest BCUT2D eigenvalue weighted by atomic mass is 35.5. The van der Waals surface area contributed by atoms with E-state index in [0.29, 0.717) is 22.6 Å². The Morgan fingerprint density at radius 2 is 1.94 bits per heavy atom. The molecular weight excluding hydrogens is 435 g/mol. The van der Waals surface area contributed by atoms with Crippen LogP contribution in [0.1, 0.15) is 27.3 Å². The molecule has 0 aliphatic rings. The van der Waals surface area contributed by atoms with Gasteiger partial charge in [0, 0.05) is 10.6 Å². The molecule has 6 nitrogen and oxygen atoms in total. The van der Waals surface area contributed by atoms with E-state index < -0.39 is 18.3 Å². The molecule has 0 saturated heterocycles. The number of halogens is 4. The van der Waals surface area contributed by atoms with Gasteiger partial charge in [-0.2, -0.15) is 13.9 Å². The first-order valence-electron chi connectivity index (χ1n) is 9.11. The number of rotatable bonds is 7. The van der Waals surface area contributed by atoms with Crippen molar-refractivity contribution in [3.63, 3.8) is 0 Å². The van der Waals surface area contributed by atoms with Gasteiger partial charge >= 0.3 is 6.61 Å². The first-order chi connectivity index (χ1) is 14.7. The van der Waals surface area contributed by atoms with Crippen LogP contribution in [-0.4, -0.2) is 29.4 Å². The van der Waals surface area contributed by atoms with E-state index in [4.69, 9.17) is 16.3 Å². The van der Waals surface area contributed by atoms with Gasteiger partial charge in [0.15, 0.2) is 11.5 Å². The zero-order valence-corrected chi connectivity index (χ0v) is 17.6. The number of methoxy groups -OCH3 is 1. The van der Waals surface area contributed by atoms with E-state index in [2.05, 4.69) is 15.2 Å². The van der Waals surface area contributed by atoms with E-state index in [9.17, 15) is 18.0 Å². The number of hydrogen-bond acceptors (Lipinski definition) is 4. The maximum absolute atomic E-state index is 13.3. The lowest BCUT2D eigenvalue weighted by atomic mass is 10.1. The number of nitrogens with one attached hydrogen (secondary N) is 1. The van der Waals surface area contributed by atoms with Gasteiger partial charge in [0.2, 0.25) is 0 Å². The summed E-state index contributed by atoms with van der Waals surface area (Å²) in [4.78, 5) is 12.7. The molecule has 1 heterocycles. The van der Waals surface area contributed by atoms with Gasteiger partial charge in [0.25, 0.3) is 5.91 Å². The number of benzene rings is 2. The van der Waals surface area contributed by atoms with Crippen LogP contribution in [0.25, 0.3) is 0 Å². The molecule has 0 fully saturated rings. The minimum absolute atomic E-state index is 0.00282. The van der Waals surface area contributed by atoms with E-state index in [0.717, 1.165) is 0 Å². The average molecular weight is 454 g/mol. The minimum atomic E-state index is -3.01.